The van der Waals surface area contributed by atoms with Gasteiger partial charge < -0.3 is 15.2 Å². The molecule has 0 spiro atoms. The monoisotopic (exact) mass is 277 g/mol. The van der Waals surface area contributed by atoms with Crippen LogP contribution in [-0.4, -0.2) is 37.5 Å². The summed E-state index contributed by atoms with van der Waals surface area (Å²) in [6.07, 6.45) is -5.08. The minimum absolute atomic E-state index is 0.718. The van der Waals surface area contributed by atoms with Crippen LogP contribution < -0.4 is 10.1 Å². The molecule has 1 aliphatic rings. The Morgan fingerprint density at radius 2 is 1.79 bits per heavy atom. The van der Waals surface area contributed by atoms with Crippen LogP contribution in [0.5, 0.6) is 5.75 Å². The quantitative estimate of drug-likeness (QED) is 0.868. The topological polar surface area (TPSA) is 58.6 Å². The number of alkyl halides is 3. The van der Waals surface area contributed by atoms with Gasteiger partial charge in [-0.1, -0.05) is 12.1 Å². The van der Waals surface area contributed by atoms with Crippen LogP contribution in [0, 0.1) is 0 Å². The molecule has 1 fully saturated rings. The molecule has 19 heavy (non-hydrogen) atoms. The predicted octanol–water partition coefficient (Wildman–Crippen LogP) is 2.02. The van der Waals surface area contributed by atoms with Crippen molar-refractivity contribution in [2.24, 2.45) is 0 Å². The van der Waals surface area contributed by atoms with Crippen molar-refractivity contribution in [2.75, 3.05) is 20.2 Å². The Hall–Kier alpha value is -1.76. The maximum absolute atomic E-state index is 10.6. The number of benzene rings is 1. The van der Waals surface area contributed by atoms with Crippen molar-refractivity contribution in [1.29, 1.82) is 0 Å². The van der Waals surface area contributed by atoms with E-state index in [1.807, 2.05) is 12.1 Å². The van der Waals surface area contributed by atoms with E-state index in [9.17, 15) is 13.2 Å². The van der Waals surface area contributed by atoms with E-state index in [1.165, 1.54) is 5.56 Å². The lowest BCUT2D eigenvalue weighted by Crippen LogP contribution is -2.39. The Bertz CT molecular complexity index is 413. The van der Waals surface area contributed by atoms with Gasteiger partial charge in [0.05, 0.1) is 7.11 Å². The Morgan fingerprint density at radius 3 is 2.05 bits per heavy atom. The van der Waals surface area contributed by atoms with Crippen LogP contribution in [0.4, 0.5) is 13.2 Å². The fourth-order valence-electron chi connectivity index (χ4n) is 1.40. The van der Waals surface area contributed by atoms with Gasteiger partial charge in [0, 0.05) is 19.0 Å². The molecule has 1 aliphatic heterocycles. The molecule has 4 nitrogen and oxygen atoms in total. The van der Waals surface area contributed by atoms with Crippen LogP contribution in [0.1, 0.15) is 11.5 Å². The lowest BCUT2D eigenvalue weighted by atomic mass is 9.94. The van der Waals surface area contributed by atoms with Gasteiger partial charge in [0.15, 0.2) is 0 Å². The van der Waals surface area contributed by atoms with Crippen LogP contribution in [0.15, 0.2) is 24.3 Å². The number of rotatable bonds is 2. The highest BCUT2D eigenvalue weighted by Crippen LogP contribution is 2.21. The second kappa shape index (κ2) is 6.42. The van der Waals surface area contributed by atoms with E-state index in [4.69, 9.17) is 14.6 Å². The lowest BCUT2D eigenvalue weighted by molar-refractivity contribution is -0.192. The molecule has 1 aromatic rings. The van der Waals surface area contributed by atoms with Gasteiger partial charge in [0.2, 0.25) is 0 Å². The normalized spacial score (nSPS) is 14.9. The summed E-state index contributed by atoms with van der Waals surface area (Å²) < 4.78 is 36.8. The summed E-state index contributed by atoms with van der Waals surface area (Å²) in [6, 6.07) is 8.33. The number of carbonyl (C=O) groups is 1. The fourth-order valence-corrected chi connectivity index (χ4v) is 1.40. The average molecular weight is 277 g/mol. The van der Waals surface area contributed by atoms with Crippen molar-refractivity contribution in [3.05, 3.63) is 29.8 Å². The Balaban J connectivity index is 0.000000224. The van der Waals surface area contributed by atoms with Gasteiger partial charge in [-0.3, -0.25) is 0 Å². The van der Waals surface area contributed by atoms with Crippen molar-refractivity contribution >= 4 is 5.97 Å². The minimum atomic E-state index is -5.08. The SMILES string of the molecule is COc1ccc(C2CNC2)cc1.O=C(O)C(F)(F)F. The number of nitrogens with one attached hydrogen (secondary N) is 1. The van der Waals surface area contributed by atoms with Crippen molar-refractivity contribution in [3.63, 3.8) is 0 Å². The van der Waals surface area contributed by atoms with Crippen LogP contribution in [-0.2, 0) is 4.79 Å². The molecule has 0 atom stereocenters. The van der Waals surface area contributed by atoms with Crippen molar-refractivity contribution in [1.82, 2.24) is 5.32 Å². The summed E-state index contributed by atoms with van der Waals surface area (Å²) in [7, 11) is 1.69. The molecule has 0 amide bonds. The molecule has 2 rings (SSSR count). The summed E-state index contributed by atoms with van der Waals surface area (Å²) >= 11 is 0. The molecular formula is C12H14F3NO3. The molecule has 0 saturated carbocycles. The summed E-state index contributed by atoms with van der Waals surface area (Å²) in [6.45, 7) is 2.23. The molecule has 7 heteroatoms. The second-order valence-corrected chi connectivity index (χ2v) is 3.93. The fraction of sp³-hybridized carbons (Fsp3) is 0.417. The van der Waals surface area contributed by atoms with Gasteiger partial charge >= 0.3 is 12.1 Å². The molecule has 0 unspecified atom stereocenters. The van der Waals surface area contributed by atoms with E-state index in [2.05, 4.69) is 17.4 Å². The molecule has 1 saturated heterocycles. The first-order valence-electron chi connectivity index (χ1n) is 5.49. The van der Waals surface area contributed by atoms with E-state index in [1.54, 1.807) is 7.11 Å². The predicted molar refractivity (Wildman–Crippen MR) is 62.3 cm³/mol. The first kappa shape index (κ1) is 15.3. The van der Waals surface area contributed by atoms with Gasteiger partial charge in [-0.05, 0) is 17.7 Å². The number of halogens is 3. The van der Waals surface area contributed by atoms with Gasteiger partial charge in [-0.2, -0.15) is 13.2 Å². The molecule has 1 aromatic carbocycles. The van der Waals surface area contributed by atoms with Gasteiger partial charge in [0.1, 0.15) is 5.75 Å². The van der Waals surface area contributed by atoms with Crippen LogP contribution in [0.3, 0.4) is 0 Å². The highest BCUT2D eigenvalue weighted by molar-refractivity contribution is 5.73. The molecular weight excluding hydrogens is 263 g/mol. The summed E-state index contributed by atoms with van der Waals surface area (Å²) in [4.78, 5) is 8.90. The van der Waals surface area contributed by atoms with Crippen molar-refractivity contribution in [2.45, 2.75) is 12.1 Å². The van der Waals surface area contributed by atoms with E-state index in [0.29, 0.717) is 0 Å². The highest BCUT2D eigenvalue weighted by atomic mass is 19.4. The third kappa shape index (κ3) is 4.78. The zero-order valence-electron chi connectivity index (χ0n) is 10.2. The maximum atomic E-state index is 10.6. The Kier molecular flexibility index (Phi) is 5.17. The molecule has 0 bridgehead atoms. The maximum Gasteiger partial charge on any atom is 0.490 e. The van der Waals surface area contributed by atoms with Crippen molar-refractivity contribution < 1.29 is 27.8 Å². The number of methoxy groups -OCH3 is 1. The average Bonchev–Trinajstić information content (AvgIpc) is 2.27. The molecule has 2 N–H and O–H groups in total. The second-order valence-electron chi connectivity index (χ2n) is 3.93. The van der Waals surface area contributed by atoms with Crippen LogP contribution >= 0.6 is 0 Å². The lowest BCUT2D eigenvalue weighted by Gasteiger charge is -2.27. The Labute approximate surface area is 108 Å². The minimum Gasteiger partial charge on any atom is -0.497 e. The number of carboxylic acid groups (broad SMARTS) is 1. The summed E-state index contributed by atoms with van der Waals surface area (Å²) in [5, 5.41) is 10.4. The van der Waals surface area contributed by atoms with Crippen LogP contribution in [0.25, 0.3) is 0 Å². The van der Waals surface area contributed by atoms with E-state index in [0.717, 1.165) is 24.8 Å². The smallest absolute Gasteiger partial charge is 0.490 e. The first-order chi connectivity index (χ1) is 8.84. The first-order valence-corrected chi connectivity index (χ1v) is 5.49. The van der Waals surface area contributed by atoms with Gasteiger partial charge in [0.25, 0.3) is 0 Å². The van der Waals surface area contributed by atoms with E-state index < -0.39 is 12.1 Å². The molecule has 1 heterocycles. The van der Waals surface area contributed by atoms with Gasteiger partial charge in [-0.25, -0.2) is 4.79 Å². The molecule has 0 radical (unpaired) electrons. The zero-order chi connectivity index (χ0) is 14.5. The number of carboxylic acids is 1. The van der Waals surface area contributed by atoms with E-state index >= 15 is 0 Å². The largest absolute Gasteiger partial charge is 0.497 e. The summed E-state index contributed by atoms with van der Waals surface area (Å²) in [5.41, 5.74) is 1.41. The van der Waals surface area contributed by atoms with Crippen molar-refractivity contribution in [3.8, 4) is 5.75 Å². The van der Waals surface area contributed by atoms with Gasteiger partial charge in [-0.15, -0.1) is 0 Å². The van der Waals surface area contributed by atoms with Crippen LogP contribution in [0.2, 0.25) is 0 Å². The van der Waals surface area contributed by atoms with E-state index in [-0.39, 0.29) is 0 Å². The molecule has 0 aromatic heterocycles. The number of hydrogen-bond acceptors (Lipinski definition) is 3. The third-order valence-electron chi connectivity index (χ3n) is 2.61. The molecule has 106 valence electrons. The molecule has 0 aliphatic carbocycles. The number of ether oxygens (including phenoxy) is 1. The number of aliphatic carboxylic acids is 1. The third-order valence-corrected chi connectivity index (χ3v) is 2.61. The highest BCUT2D eigenvalue weighted by Gasteiger charge is 2.38. The zero-order valence-corrected chi connectivity index (χ0v) is 10.2. The standard InChI is InChI=1S/C10H13NO.C2HF3O2/c1-12-10-4-2-8(3-5-10)9-6-11-7-9;3-2(4,5)1(6)7/h2-5,9,11H,6-7H2,1H3;(H,6,7). The summed E-state index contributed by atoms with van der Waals surface area (Å²) in [5.74, 6) is -1.10. The number of hydrogen-bond donors (Lipinski definition) is 2. The Morgan fingerprint density at radius 1 is 1.32 bits per heavy atom.